The van der Waals surface area contributed by atoms with E-state index in [4.69, 9.17) is 16.3 Å². The van der Waals surface area contributed by atoms with Crippen LogP contribution in [0.2, 0.25) is 5.02 Å². The first-order valence-corrected chi connectivity index (χ1v) is 9.86. The summed E-state index contributed by atoms with van der Waals surface area (Å²) in [5.41, 5.74) is 0.784. The molecule has 3 rings (SSSR count). The number of hydrogen-bond acceptors (Lipinski definition) is 5. The average Bonchev–Trinajstić information content (AvgIpc) is 2.74. The highest BCUT2D eigenvalue weighted by molar-refractivity contribution is 6.34. The summed E-state index contributed by atoms with van der Waals surface area (Å²) in [4.78, 5) is 36.2. The lowest BCUT2D eigenvalue weighted by molar-refractivity contribution is 0.101. The number of amides is 2. The highest BCUT2D eigenvalue weighted by Gasteiger charge is 2.16. The topological polar surface area (TPSA) is 93.7 Å². The lowest BCUT2D eigenvalue weighted by Gasteiger charge is -2.10. The van der Waals surface area contributed by atoms with Crippen LogP contribution in [0, 0.1) is 5.82 Å². The molecule has 0 atom stereocenters. The van der Waals surface area contributed by atoms with E-state index in [1.54, 1.807) is 25.1 Å². The second kappa shape index (κ2) is 10.4. The van der Waals surface area contributed by atoms with E-state index in [1.807, 2.05) is 0 Å². The first-order chi connectivity index (χ1) is 15.4. The van der Waals surface area contributed by atoms with E-state index < -0.39 is 23.8 Å². The molecule has 0 aliphatic heterocycles. The van der Waals surface area contributed by atoms with Gasteiger partial charge in [-0.15, -0.1) is 0 Å². The predicted octanol–water partition coefficient (Wildman–Crippen LogP) is 5.52. The van der Waals surface area contributed by atoms with Crippen LogP contribution in [-0.4, -0.2) is 24.6 Å². The van der Waals surface area contributed by atoms with Gasteiger partial charge in [0.05, 0.1) is 17.2 Å². The van der Waals surface area contributed by atoms with Gasteiger partial charge in [0.15, 0.2) is 0 Å². The molecule has 32 heavy (non-hydrogen) atoms. The Bertz CT molecular complexity index is 1130. The number of carbonyl (C=O) groups is 3. The van der Waals surface area contributed by atoms with Crippen molar-refractivity contribution in [2.24, 2.45) is 0 Å². The third-order valence-electron chi connectivity index (χ3n) is 4.15. The minimum atomic E-state index is -0.833. The molecule has 0 radical (unpaired) electrons. The molecule has 2 N–H and O–H groups in total. The largest absolute Gasteiger partial charge is 0.513 e. The average molecular weight is 457 g/mol. The third-order valence-corrected chi connectivity index (χ3v) is 4.46. The van der Waals surface area contributed by atoms with Crippen molar-refractivity contribution >= 4 is 40.9 Å². The Morgan fingerprint density at radius 2 is 1.53 bits per heavy atom. The molecule has 0 aromatic heterocycles. The molecule has 0 aliphatic rings. The van der Waals surface area contributed by atoms with Crippen LogP contribution in [0.25, 0.3) is 0 Å². The smallest absolute Gasteiger partial charge is 0.434 e. The summed E-state index contributed by atoms with van der Waals surface area (Å²) in [5.74, 6) is -1.64. The lowest BCUT2D eigenvalue weighted by Crippen LogP contribution is -2.15. The van der Waals surface area contributed by atoms with Crippen LogP contribution in [0.4, 0.5) is 20.6 Å². The number of carbonyl (C=O) groups excluding carboxylic acids is 3. The van der Waals surface area contributed by atoms with Crippen molar-refractivity contribution in [1.29, 1.82) is 0 Å². The highest BCUT2D eigenvalue weighted by Crippen LogP contribution is 2.22. The van der Waals surface area contributed by atoms with Crippen LogP contribution in [-0.2, 0) is 4.74 Å². The van der Waals surface area contributed by atoms with E-state index in [2.05, 4.69) is 15.4 Å². The number of ether oxygens (including phenoxy) is 2. The number of nitrogens with one attached hydrogen (secondary N) is 2. The fourth-order valence-electron chi connectivity index (χ4n) is 2.70. The number of halogens is 2. The normalized spacial score (nSPS) is 10.2. The Hall–Kier alpha value is -3.91. The molecule has 0 aliphatic carbocycles. The van der Waals surface area contributed by atoms with Crippen molar-refractivity contribution in [1.82, 2.24) is 0 Å². The quantitative estimate of drug-likeness (QED) is 0.376. The molecule has 3 aromatic carbocycles. The second-order valence-corrected chi connectivity index (χ2v) is 6.80. The highest BCUT2D eigenvalue weighted by atomic mass is 35.5. The zero-order valence-corrected chi connectivity index (χ0v) is 17.6. The van der Waals surface area contributed by atoms with Crippen molar-refractivity contribution < 1.29 is 28.2 Å². The number of rotatable bonds is 6. The maximum Gasteiger partial charge on any atom is 0.513 e. The summed E-state index contributed by atoms with van der Waals surface area (Å²) >= 11 is 5.92. The van der Waals surface area contributed by atoms with Gasteiger partial charge in [-0.25, -0.2) is 9.18 Å². The summed E-state index contributed by atoms with van der Waals surface area (Å²) < 4.78 is 23.6. The van der Waals surface area contributed by atoms with Crippen LogP contribution in [0.1, 0.15) is 27.6 Å². The van der Waals surface area contributed by atoms with Gasteiger partial charge in [-0.1, -0.05) is 23.7 Å². The summed E-state index contributed by atoms with van der Waals surface area (Å²) in [7, 11) is 0. The van der Waals surface area contributed by atoms with Gasteiger partial charge in [-0.3, -0.25) is 9.59 Å². The van der Waals surface area contributed by atoms with Gasteiger partial charge < -0.3 is 20.1 Å². The molecule has 0 saturated carbocycles. The molecule has 0 bridgehead atoms. The third kappa shape index (κ3) is 5.83. The summed E-state index contributed by atoms with van der Waals surface area (Å²) in [6, 6.07) is 16.2. The monoisotopic (exact) mass is 456 g/mol. The van der Waals surface area contributed by atoms with E-state index in [0.717, 1.165) is 6.07 Å². The van der Waals surface area contributed by atoms with Gasteiger partial charge in [-0.2, -0.15) is 0 Å². The van der Waals surface area contributed by atoms with E-state index >= 15 is 0 Å². The Morgan fingerprint density at radius 3 is 2.16 bits per heavy atom. The van der Waals surface area contributed by atoms with E-state index in [1.165, 1.54) is 42.5 Å². The van der Waals surface area contributed by atoms with Crippen LogP contribution >= 0.6 is 11.6 Å². The first kappa shape index (κ1) is 22.8. The molecule has 0 fully saturated rings. The zero-order chi connectivity index (χ0) is 23.1. The molecule has 3 aromatic rings. The van der Waals surface area contributed by atoms with Gasteiger partial charge in [0.25, 0.3) is 11.8 Å². The molecule has 0 spiro atoms. The van der Waals surface area contributed by atoms with E-state index in [9.17, 15) is 18.8 Å². The van der Waals surface area contributed by atoms with Crippen molar-refractivity contribution in [2.75, 3.05) is 17.2 Å². The molecule has 7 nitrogen and oxygen atoms in total. The first-order valence-electron chi connectivity index (χ1n) is 9.49. The SMILES string of the molecule is CCOC(=O)Oc1ccc(C(=O)Nc2cccc(NC(=O)c3c(F)cccc3Cl)c2)cc1. The minimum absolute atomic E-state index is 0.0117. The summed E-state index contributed by atoms with van der Waals surface area (Å²) in [6.45, 7) is 1.84. The van der Waals surface area contributed by atoms with Crippen LogP contribution in [0.15, 0.2) is 66.7 Å². The van der Waals surface area contributed by atoms with Crippen molar-refractivity contribution in [2.45, 2.75) is 6.92 Å². The van der Waals surface area contributed by atoms with E-state index in [0.29, 0.717) is 16.9 Å². The molecule has 0 heterocycles. The van der Waals surface area contributed by atoms with Gasteiger partial charge in [0, 0.05) is 16.9 Å². The van der Waals surface area contributed by atoms with Crippen LogP contribution in [0.3, 0.4) is 0 Å². The Morgan fingerprint density at radius 1 is 0.906 bits per heavy atom. The molecule has 0 saturated heterocycles. The summed E-state index contributed by atoms with van der Waals surface area (Å²) in [5, 5.41) is 5.23. The lowest BCUT2D eigenvalue weighted by atomic mass is 10.1. The van der Waals surface area contributed by atoms with E-state index in [-0.39, 0.29) is 22.9 Å². The number of anilines is 2. The molecular formula is C23H18ClFN2O5. The van der Waals surface area contributed by atoms with Gasteiger partial charge in [0.1, 0.15) is 11.6 Å². The number of hydrogen-bond donors (Lipinski definition) is 2. The van der Waals surface area contributed by atoms with Crippen molar-refractivity contribution in [3.8, 4) is 5.75 Å². The maximum absolute atomic E-state index is 13.9. The second-order valence-electron chi connectivity index (χ2n) is 6.40. The Kier molecular flexibility index (Phi) is 7.41. The fourth-order valence-corrected chi connectivity index (χ4v) is 2.95. The standard InChI is InChI=1S/C23H18ClFN2O5/c1-2-31-23(30)32-17-11-9-14(10-12-17)21(28)26-15-5-3-6-16(13-15)27-22(29)20-18(24)7-4-8-19(20)25/h3-13H,2H2,1H3,(H,26,28)(H,27,29). The van der Waals surface area contributed by atoms with Crippen LogP contribution in [0.5, 0.6) is 5.75 Å². The molecular weight excluding hydrogens is 439 g/mol. The van der Waals surface area contributed by atoms with Gasteiger partial charge in [-0.05, 0) is 61.5 Å². The predicted molar refractivity (Wildman–Crippen MR) is 118 cm³/mol. The van der Waals surface area contributed by atoms with Gasteiger partial charge in [0.2, 0.25) is 0 Å². The van der Waals surface area contributed by atoms with Crippen LogP contribution < -0.4 is 15.4 Å². The van der Waals surface area contributed by atoms with Crippen molar-refractivity contribution in [3.05, 3.63) is 88.7 Å². The number of benzene rings is 3. The fraction of sp³-hybridized carbons (Fsp3) is 0.0870. The Balaban J connectivity index is 1.66. The van der Waals surface area contributed by atoms with Crippen molar-refractivity contribution in [3.63, 3.8) is 0 Å². The van der Waals surface area contributed by atoms with Gasteiger partial charge >= 0.3 is 6.16 Å². The minimum Gasteiger partial charge on any atom is -0.434 e. The molecule has 164 valence electrons. The molecule has 9 heteroatoms. The molecule has 2 amide bonds. The molecule has 0 unspecified atom stereocenters. The summed E-state index contributed by atoms with van der Waals surface area (Å²) in [6.07, 6.45) is -0.833. The zero-order valence-electron chi connectivity index (χ0n) is 16.9. The Labute approximate surface area is 188 Å². The maximum atomic E-state index is 13.9.